The summed E-state index contributed by atoms with van der Waals surface area (Å²) in [5.41, 5.74) is 1.83. The fourth-order valence-electron chi connectivity index (χ4n) is 3.02. The molecule has 0 bridgehead atoms. The molecule has 1 saturated heterocycles. The number of rotatable bonds is 6. The molecule has 0 saturated carbocycles. The van der Waals surface area contributed by atoms with Crippen molar-refractivity contribution in [1.82, 2.24) is 14.9 Å². The number of nitrogens with one attached hydrogen (secondary N) is 1. The van der Waals surface area contributed by atoms with Crippen LogP contribution in [0.5, 0.6) is 0 Å². The Kier molecular flexibility index (Phi) is 5.14. The summed E-state index contributed by atoms with van der Waals surface area (Å²) in [4.78, 5) is 32.3. The maximum absolute atomic E-state index is 13.0. The average Bonchev–Trinajstić information content (AvgIpc) is 3.26. The number of aromatic nitrogens is 2. The van der Waals surface area contributed by atoms with E-state index in [1.165, 1.54) is 6.33 Å². The molecule has 2 N–H and O–H groups in total. The molecule has 1 fully saturated rings. The van der Waals surface area contributed by atoms with Gasteiger partial charge in [-0.3, -0.25) is 4.79 Å². The van der Waals surface area contributed by atoms with Gasteiger partial charge in [0.1, 0.15) is 0 Å². The minimum absolute atomic E-state index is 0.0276. The van der Waals surface area contributed by atoms with Crippen LogP contribution in [0.2, 0.25) is 0 Å². The van der Waals surface area contributed by atoms with Gasteiger partial charge in [0.05, 0.1) is 12.4 Å². The van der Waals surface area contributed by atoms with Crippen molar-refractivity contribution in [3.63, 3.8) is 0 Å². The Labute approximate surface area is 145 Å². The SMILES string of the molecule is Cc1ccccc1CN(C[C@@H]1CCCO1)C(=O)c1nc[nH]c1C(=O)O. The summed E-state index contributed by atoms with van der Waals surface area (Å²) in [6.45, 7) is 3.48. The van der Waals surface area contributed by atoms with E-state index in [1.807, 2.05) is 31.2 Å². The average molecular weight is 343 g/mol. The van der Waals surface area contributed by atoms with E-state index >= 15 is 0 Å². The van der Waals surface area contributed by atoms with Crippen LogP contribution in [0.4, 0.5) is 0 Å². The predicted octanol–water partition coefficient (Wildman–Crippen LogP) is 2.24. The quantitative estimate of drug-likeness (QED) is 0.838. The van der Waals surface area contributed by atoms with E-state index in [9.17, 15) is 14.7 Å². The highest BCUT2D eigenvalue weighted by atomic mass is 16.5. The van der Waals surface area contributed by atoms with Gasteiger partial charge < -0.3 is 19.7 Å². The molecule has 3 rings (SSSR count). The number of aryl methyl sites for hydroxylation is 1. The van der Waals surface area contributed by atoms with E-state index in [-0.39, 0.29) is 17.5 Å². The van der Waals surface area contributed by atoms with Crippen LogP contribution in [0.25, 0.3) is 0 Å². The smallest absolute Gasteiger partial charge is 0.354 e. The molecule has 1 aliphatic rings. The molecule has 0 aliphatic carbocycles. The van der Waals surface area contributed by atoms with Crippen molar-refractivity contribution in [2.75, 3.05) is 13.2 Å². The van der Waals surface area contributed by atoms with Gasteiger partial charge >= 0.3 is 5.97 Å². The number of carbonyl (C=O) groups is 2. The zero-order chi connectivity index (χ0) is 17.8. The van der Waals surface area contributed by atoms with Crippen LogP contribution >= 0.6 is 0 Å². The highest BCUT2D eigenvalue weighted by Crippen LogP contribution is 2.19. The molecule has 1 amide bonds. The number of hydrogen-bond donors (Lipinski definition) is 2. The maximum atomic E-state index is 13.0. The lowest BCUT2D eigenvalue weighted by Gasteiger charge is -2.26. The Morgan fingerprint density at radius 3 is 2.88 bits per heavy atom. The van der Waals surface area contributed by atoms with Crippen molar-refractivity contribution in [2.45, 2.75) is 32.4 Å². The van der Waals surface area contributed by atoms with E-state index < -0.39 is 11.9 Å². The first kappa shape index (κ1) is 17.2. The summed E-state index contributed by atoms with van der Waals surface area (Å²) in [5.74, 6) is -1.61. The fraction of sp³-hybridized carbons (Fsp3) is 0.389. The van der Waals surface area contributed by atoms with E-state index in [4.69, 9.17) is 4.74 Å². The van der Waals surface area contributed by atoms with E-state index in [0.29, 0.717) is 19.7 Å². The standard InChI is InChI=1S/C18H21N3O4/c1-12-5-2-3-6-13(12)9-21(10-14-7-4-8-25-14)17(22)15-16(18(23)24)20-11-19-15/h2-3,5-6,11,14H,4,7-10H2,1H3,(H,19,20)(H,23,24)/t14-/m0/s1. The van der Waals surface area contributed by atoms with Crippen molar-refractivity contribution < 1.29 is 19.4 Å². The summed E-state index contributed by atoms with van der Waals surface area (Å²) < 4.78 is 5.66. The van der Waals surface area contributed by atoms with Gasteiger partial charge in [-0.15, -0.1) is 0 Å². The van der Waals surface area contributed by atoms with Gasteiger partial charge in [-0.05, 0) is 30.9 Å². The minimum Gasteiger partial charge on any atom is -0.477 e. The van der Waals surface area contributed by atoms with Gasteiger partial charge in [0.15, 0.2) is 11.4 Å². The minimum atomic E-state index is -1.20. The second-order valence-electron chi connectivity index (χ2n) is 6.18. The van der Waals surface area contributed by atoms with Crippen LogP contribution in [0.3, 0.4) is 0 Å². The number of carboxylic acid groups (broad SMARTS) is 1. The number of imidazole rings is 1. The molecule has 2 heterocycles. The van der Waals surface area contributed by atoms with Crippen molar-refractivity contribution in [2.24, 2.45) is 0 Å². The summed E-state index contributed by atoms with van der Waals surface area (Å²) in [7, 11) is 0. The Balaban J connectivity index is 1.87. The first-order valence-corrected chi connectivity index (χ1v) is 8.28. The molecule has 2 aromatic rings. The number of H-pyrrole nitrogens is 1. The molecular weight excluding hydrogens is 322 g/mol. The number of hydrogen-bond acceptors (Lipinski definition) is 4. The van der Waals surface area contributed by atoms with Gasteiger partial charge in [0.2, 0.25) is 0 Å². The van der Waals surface area contributed by atoms with Crippen LogP contribution in [0, 0.1) is 6.92 Å². The highest BCUT2D eigenvalue weighted by molar-refractivity contribution is 6.02. The number of carboxylic acids is 1. The molecule has 132 valence electrons. The van der Waals surface area contributed by atoms with E-state index in [2.05, 4.69) is 9.97 Å². The molecule has 1 atom stereocenters. The zero-order valence-electron chi connectivity index (χ0n) is 14.1. The van der Waals surface area contributed by atoms with Crippen LogP contribution in [0.1, 0.15) is 44.9 Å². The summed E-state index contributed by atoms with van der Waals surface area (Å²) in [5, 5.41) is 9.24. The molecule has 0 unspecified atom stereocenters. The predicted molar refractivity (Wildman–Crippen MR) is 90.4 cm³/mol. The Bertz CT molecular complexity index is 765. The lowest BCUT2D eigenvalue weighted by molar-refractivity contribution is 0.0497. The normalized spacial score (nSPS) is 16.8. The largest absolute Gasteiger partial charge is 0.477 e. The molecule has 1 aromatic carbocycles. The van der Waals surface area contributed by atoms with Gasteiger partial charge in [0, 0.05) is 19.7 Å². The number of ether oxygens (including phenoxy) is 1. The van der Waals surface area contributed by atoms with Gasteiger partial charge in [0.25, 0.3) is 5.91 Å². The third kappa shape index (κ3) is 3.88. The second-order valence-corrected chi connectivity index (χ2v) is 6.18. The van der Waals surface area contributed by atoms with E-state index in [0.717, 1.165) is 24.0 Å². The third-order valence-corrected chi connectivity index (χ3v) is 4.41. The number of amides is 1. The zero-order valence-corrected chi connectivity index (χ0v) is 14.1. The third-order valence-electron chi connectivity index (χ3n) is 4.41. The maximum Gasteiger partial charge on any atom is 0.354 e. The molecule has 7 heteroatoms. The van der Waals surface area contributed by atoms with Gasteiger partial charge in [-0.1, -0.05) is 24.3 Å². The fourth-order valence-corrected chi connectivity index (χ4v) is 3.02. The number of aromatic amines is 1. The summed E-state index contributed by atoms with van der Waals surface area (Å²) >= 11 is 0. The second kappa shape index (κ2) is 7.48. The van der Waals surface area contributed by atoms with Crippen LogP contribution in [0.15, 0.2) is 30.6 Å². The topological polar surface area (TPSA) is 95.5 Å². The molecule has 25 heavy (non-hydrogen) atoms. The first-order valence-electron chi connectivity index (χ1n) is 8.28. The number of carbonyl (C=O) groups excluding carboxylic acids is 1. The molecule has 0 spiro atoms. The highest BCUT2D eigenvalue weighted by Gasteiger charge is 2.28. The Hall–Kier alpha value is -2.67. The number of nitrogens with zero attached hydrogens (tertiary/aromatic N) is 2. The van der Waals surface area contributed by atoms with Gasteiger partial charge in [-0.25, -0.2) is 9.78 Å². The van der Waals surface area contributed by atoms with Crippen LogP contribution in [-0.4, -0.2) is 51.1 Å². The Morgan fingerprint density at radius 2 is 2.20 bits per heavy atom. The molecule has 7 nitrogen and oxygen atoms in total. The number of benzene rings is 1. The first-order chi connectivity index (χ1) is 12.1. The monoisotopic (exact) mass is 343 g/mol. The number of aromatic carboxylic acids is 1. The summed E-state index contributed by atoms with van der Waals surface area (Å²) in [6.07, 6.45) is 3.07. The molecular formula is C18H21N3O4. The van der Waals surface area contributed by atoms with Crippen molar-refractivity contribution in [1.29, 1.82) is 0 Å². The van der Waals surface area contributed by atoms with Gasteiger partial charge in [-0.2, -0.15) is 0 Å². The Morgan fingerprint density at radius 1 is 1.40 bits per heavy atom. The lowest BCUT2D eigenvalue weighted by atomic mass is 10.1. The van der Waals surface area contributed by atoms with Crippen molar-refractivity contribution in [3.8, 4) is 0 Å². The molecule has 1 aromatic heterocycles. The molecule has 0 radical (unpaired) electrons. The van der Waals surface area contributed by atoms with Crippen LogP contribution < -0.4 is 0 Å². The van der Waals surface area contributed by atoms with E-state index in [1.54, 1.807) is 4.90 Å². The summed E-state index contributed by atoms with van der Waals surface area (Å²) in [6, 6.07) is 7.82. The lowest BCUT2D eigenvalue weighted by Crippen LogP contribution is -2.38. The van der Waals surface area contributed by atoms with Crippen LogP contribution in [-0.2, 0) is 11.3 Å². The van der Waals surface area contributed by atoms with Crippen molar-refractivity contribution in [3.05, 3.63) is 53.1 Å². The molecule has 1 aliphatic heterocycles. The van der Waals surface area contributed by atoms with Crippen molar-refractivity contribution >= 4 is 11.9 Å².